The molecule has 0 N–H and O–H groups in total. The minimum Gasteiger partial charge on any atom is -0.429 e. The van der Waals surface area contributed by atoms with Gasteiger partial charge >= 0.3 is 6.11 Å². The molecule has 180 valence electrons. The Balaban J connectivity index is 1.56. The lowest BCUT2D eigenvalue weighted by Gasteiger charge is -2.20. The molecule has 7 heteroatoms. The molecule has 0 heterocycles. The Labute approximate surface area is 198 Å². The Kier molecular flexibility index (Phi) is 6.87. The second-order valence-electron chi connectivity index (χ2n) is 8.03. The second kappa shape index (κ2) is 9.86. The van der Waals surface area contributed by atoms with E-state index in [1.807, 2.05) is 19.1 Å². The van der Waals surface area contributed by atoms with Crippen LogP contribution >= 0.6 is 0 Å². The molecule has 0 aliphatic heterocycles. The Morgan fingerprint density at radius 1 is 0.600 bits per heavy atom. The van der Waals surface area contributed by atoms with Crippen LogP contribution in [0.1, 0.15) is 24.5 Å². The molecule has 0 atom stereocenters. The largest absolute Gasteiger partial charge is 0.432 e. The van der Waals surface area contributed by atoms with Gasteiger partial charge in [0.1, 0.15) is 22.9 Å². The molecule has 0 amide bonds. The Hall–Kier alpha value is -3.74. The highest BCUT2D eigenvalue weighted by atomic mass is 19.3. The van der Waals surface area contributed by atoms with Crippen molar-refractivity contribution >= 4 is 0 Å². The van der Waals surface area contributed by atoms with E-state index in [1.165, 1.54) is 18.2 Å². The van der Waals surface area contributed by atoms with E-state index in [2.05, 4.69) is 4.74 Å². The number of hydrogen-bond donors (Lipinski definition) is 0. The van der Waals surface area contributed by atoms with Crippen LogP contribution in [0.25, 0.3) is 22.3 Å². The first-order valence-corrected chi connectivity index (χ1v) is 10.9. The summed E-state index contributed by atoms with van der Waals surface area (Å²) in [5.74, 6) is -5.32. The molecule has 1 nitrogen and oxygen atoms in total. The van der Waals surface area contributed by atoms with Crippen molar-refractivity contribution in [1.82, 2.24) is 0 Å². The summed E-state index contributed by atoms with van der Waals surface area (Å²) in [6.45, 7) is 2.03. The molecule has 0 saturated heterocycles. The van der Waals surface area contributed by atoms with Crippen LogP contribution in [-0.4, -0.2) is 0 Å². The molecule has 0 aliphatic rings. The van der Waals surface area contributed by atoms with Crippen molar-refractivity contribution in [3.8, 4) is 28.0 Å². The van der Waals surface area contributed by atoms with Crippen molar-refractivity contribution in [2.45, 2.75) is 25.9 Å². The normalized spacial score (nSPS) is 11.5. The van der Waals surface area contributed by atoms with Crippen molar-refractivity contribution < 1.29 is 31.1 Å². The second-order valence-corrected chi connectivity index (χ2v) is 8.03. The lowest BCUT2D eigenvalue weighted by Crippen LogP contribution is -2.25. The summed E-state index contributed by atoms with van der Waals surface area (Å²) >= 11 is 0. The molecule has 4 aromatic carbocycles. The van der Waals surface area contributed by atoms with Crippen molar-refractivity contribution in [2.24, 2.45) is 0 Å². The lowest BCUT2D eigenvalue weighted by molar-refractivity contribution is -0.189. The van der Waals surface area contributed by atoms with Crippen LogP contribution in [0.4, 0.5) is 26.3 Å². The van der Waals surface area contributed by atoms with Crippen LogP contribution in [0.15, 0.2) is 78.9 Å². The molecule has 4 rings (SSSR count). The van der Waals surface area contributed by atoms with E-state index in [1.54, 1.807) is 12.1 Å². The highest BCUT2D eigenvalue weighted by molar-refractivity contribution is 5.65. The smallest absolute Gasteiger partial charge is 0.429 e. The van der Waals surface area contributed by atoms with Gasteiger partial charge in [-0.25, -0.2) is 17.6 Å². The number of hydrogen-bond acceptors (Lipinski definition) is 1. The summed E-state index contributed by atoms with van der Waals surface area (Å²) in [5.41, 5.74) is 0.895. The van der Waals surface area contributed by atoms with Gasteiger partial charge in [0.25, 0.3) is 0 Å². The van der Waals surface area contributed by atoms with Gasteiger partial charge in [-0.05, 0) is 70.6 Å². The van der Waals surface area contributed by atoms with Crippen LogP contribution < -0.4 is 4.74 Å². The van der Waals surface area contributed by atoms with Crippen LogP contribution in [0, 0.1) is 23.3 Å². The highest BCUT2D eigenvalue weighted by Gasteiger charge is 2.41. The third-order valence-electron chi connectivity index (χ3n) is 5.51. The minimum absolute atomic E-state index is 0.124. The molecular formula is C28H20F6O. The molecule has 4 aromatic rings. The van der Waals surface area contributed by atoms with Crippen molar-refractivity contribution in [1.29, 1.82) is 0 Å². The number of alkyl halides is 2. The molecule has 0 spiro atoms. The molecule has 0 unspecified atom stereocenters. The summed E-state index contributed by atoms with van der Waals surface area (Å²) in [6, 6.07) is 16.9. The maximum atomic E-state index is 14.8. The Morgan fingerprint density at radius 2 is 1.11 bits per heavy atom. The van der Waals surface area contributed by atoms with Crippen LogP contribution in [0.2, 0.25) is 0 Å². The molecule has 0 radical (unpaired) electrons. The van der Waals surface area contributed by atoms with E-state index >= 15 is 0 Å². The summed E-state index contributed by atoms with van der Waals surface area (Å²) in [4.78, 5) is 0. The fourth-order valence-corrected chi connectivity index (χ4v) is 3.76. The maximum Gasteiger partial charge on any atom is 0.432 e. The van der Waals surface area contributed by atoms with Crippen LogP contribution in [0.5, 0.6) is 5.75 Å². The standard InChI is InChI=1S/C28H20F6O/c1-2-3-17-4-6-19(7-5-17)21-15-25(31)27(26(32)16-21)28(33,34)35-22-11-8-18(9-12-22)20-10-13-23(29)24(30)14-20/h4-16H,2-3H2,1H3. The van der Waals surface area contributed by atoms with E-state index in [0.717, 1.165) is 54.8 Å². The van der Waals surface area contributed by atoms with Crippen LogP contribution in [0.3, 0.4) is 0 Å². The Morgan fingerprint density at radius 3 is 1.69 bits per heavy atom. The average Bonchev–Trinajstić information content (AvgIpc) is 2.81. The van der Waals surface area contributed by atoms with E-state index < -0.39 is 34.9 Å². The quantitative estimate of drug-likeness (QED) is 0.238. The van der Waals surface area contributed by atoms with Crippen molar-refractivity contribution in [3.05, 3.63) is 113 Å². The SMILES string of the molecule is CCCc1ccc(-c2cc(F)c(C(F)(F)Oc3ccc(-c4ccc(F)c(F)c4)cc3)c(F)c2)cc1. The Bertz CT molecular complexity index is 1310. The first kappa shape index (κ1) is 24.4. The average molecular weight is 486 g/mol. The molecule has 0 bridgehead atoms. The van der Waals surface area contributed by atoms with Gasteiger partial charge in [0.15, 0.2) is 11.6 Å². The number of ether oxygens (including phenoxy) is 1. The van der Waals surface area contributed by atoms with Gasteiger partial charge in [-0.2, -0.15) is 8.78 Å². The zero-order chi connectivity index (χ0) is 25.2. The van der Waals surface area contributed by atoms with Gasteiger partial charge in [-0.15, -0.1) is 0 Å². The van der Waals surface area contributed by atoms with Crippen LogP contribution in [-0.2, 0) is 12.5 Å². The predicted octanol–water partition coefficient (Wildman–Crippen LogP) is 8.66. The predicted molar refractivity (Wildman–Crippen MR) is 122 cm³/mol. The molecular weight excluding hydrogens is 466 g/mol. The van der Waals surface area contributed by atoms with Crippen molar-refractivity contribution in [2.75, 3.05) is 0 Å². The molecule has 0 fully saturated rings. The maximum absolute atomic E-state index is 14.8. The number of rotatable bonds is 7. The molecule has 35 heavy (non-hydrogen) atoms. The topological polar surface area (TPSA) is 9.23 Å². The first-order valence-electron chi connectivity index (χ1n) is 10.9. The lowest BCUT2D eigenvalue weighted by atomic mass is 10.00. The summed E-state index contributed by atoms with van der Waals surface area (Å²) in [5, 5.41) is 0. The third kappa shape index (κ3) is 5.34. The number of halogens is 6. The van der Waals surface area contributed by atoms with Gasteiger partial charge in [0, 0.05) is 0 Å². The van der Waals surface area contributed by atoms with E-state index in [4.69, 9.17) is 0 Å². The summed E-state index contributed by atoms with van der Waals surface area (Å²) in [6.07, 6.45) is -2.51. The van der Waals surface area contributed by atoms with Gasteiger partial charge < -0.3 is 4.74 Å². The summed E-state index contributed by atoms with van der Waals surface area (Å²) < 4.78 is 90.1. The van der Waals surface area contributed by atoms with Gasteiger partial charge in [0.2, 0.25) is 0 Å². The zero-order valence-electron chi connectivity index (χ0n) is 18.6. The monoisotopic (exact) mass is 486 g/mol. The van der Waals surface area contributed by atoms with Crippen molar-refractivity contribution in [3.63, 3.8) is 0 Å². The highest BCUT2D eigenvalue weighted by Crippen LogP contribution is 2.37. The zero-order valence-corrected chi connectivity index (χ0v) is 18.6. The third-order valence-corrected chi connectivity index (χ3v) is 5.51. The first-order chi connectivity index (χ1) is 16.7. The minimum atomic E-state index is -4.30. The van der Waals surface area contributed by atoms with E-state index in [-0.39, 0.29) is 11.3 Å². The van der Waals surface area contributed by atoms with Gasteiger partial charge in [0.05, 0.1) is 0 Å². The van der Waals surface area contributed by atoms with E-state index in [0.29, 0.717) is 16.7 Å². The number of aryl methyl sites for hydroxylation is 1. The van der Waals surface area contributed by atoms with Gasteiger partial charge in [-0.3, -0.25) is 0 Å². The summed E-state index contributed by atoms with van der Waals surface area (Å²) in [7, 11) is 0. The molecule has 0 aliphatic carbocycles. The molecule has 0 aromatic heterocycles. The fourth-order valence-electron chi connectivity index (χ4n) is 3.76. The fraction of sp³-hybridized carbons (Fsp3) is 0.143. The number of benzene rings is 4. The van der Waals surface area contributed by atoms with E-state index in [9.17, 15) is 26.3 Å². The molecule has 0 saturated carbocycles. The van der Waals surface area contributed by atoms with Gasteiger partial charge in [-0.1, -0.05) is 55.8 Å².